The van der Waals surface area contributed by atoms with E-state index in [1.807, 2.05) is 20.8 Å². The van der Waals surface area contributed by atoms with Gasteiger partial charge in [0.1, 0.15) is 17.2 Å². The van der Waals surface area contributed by atoms with Crippen LogP contribution < -0.4 is 10.1 Å². The highest BCUT2D eigenvalue weighted by atomic mass is 19.4. The maximum atomic E-state index is 13.1. The third-order valence-corrected chi connectivity index (χ3v) is 7.37. The molecule has 2 aromatic rings. The summed E-state index contributed by atoms with van der Waals surface area (Å²) in [4.78, 5) is 36.4. The predicted molar refractivity (Wildman–Crippen MR) is 169 cm³/mol. The number of fused-ring (bicyclic) bond motifs is 3. The number of nitrogens with one attached hydrogen (secondary N) is 1. The van der Waals surface area contributed by atoms with E-state index >= 15 is 0 Å². The van der Waals surface area contributed by atoms with Crippen molar-refractivity contribution in [1.82, 2.24) is 5.32 Å². The number of phenols is 2. The Morgan fingerprint density at radius 1 is 0.957 bits per heavy atom. The number of ether oxygens (including phenoxy) is 2. The van der Waals surface area contributed by atoms with Gasteiger partial charge in [-0.1, -0.05) is 26.0 Å². The average molecular weight is 676 g/mol. The molecule has 2 aliphatic carbocycles. The SMILES string of the molecule is CC.CC(O)C(C)NC(=O)C(F)(F)F.CCOC.CO.COc1cccc2c1C(=O)c1c(O)c3c(c(O)c1C2=O)CC(C(C)O)CC3. The first kappa shape index (κ1) is 43.3. The molecular formula is C33H48F3NO10. The van der Waals surface area contributed by atoms with E-state index in [1.54, 1.807) is 31.5 Å². The number of carbonyl (C=O) groups excluding carboxylic acids is 3. The number of alkyl halides is 3. The quantitative estimate of drug-likeness (QED) is 0.216. The first-order chi connectivity index (χ1) is 22.0. The normalized spacial score (nSPS) is 16.2. The number of methoxy groups -OCH3 is 2. The second kappa shape index (κ2) is 19.8. The number of carbonyl (C=O) groups is 3. The van der Waals surface area contributed by atoms with Crippen molar-refractivity contribution in [2.45, 2.75) is 85.2 Å². The average Bonchev–Trinajstić information content (AvgIpc) is 3.06. The molecule has 2 aliphatic rings. The fraction of sp³-hybridized carbons (Fsp3) is 0.545. The monoisotopic (exact) mass is 675 g/mol. The van der Waals surface area contributed by atoms with Gasteiger partial charge in [-0.3, -0.25) is 14.4 Å². The third-order valence-electron chi connectivity index (χ3n) is 7.37. The Kier molecular flexibility index (Phi) is 18.3. The lowest BCUT2D eigenvalue weighted by molar-refractivity contribution is -0.174. The lowest BCUT2D eigenvalue weighted by atomic mass is 9.74. The van der Waals surface area contributed by atoms with Crippen LogP contribution in [0.15, 0.2) is 18.2 Å². The largest absolute Gasteiger partial charge is 0.507 e. The number of rotatable bonds is 5. The summed E-state index contributed by atoms with van der Waals surface area (Å²) < 4.78 is 44.5. The van der Waals surface area contributed by atoms with Crippen molar-refractivity contribution in [3.63, 3.8) is 0 Å². The molecule has 0 saturated heterocycles. The molecule has 4 atom stereocenters. The molecule has 0 spiro atoms. The minimum Gasteiger partial charge on any atom is -0.507 e. The Hall–Kier alpha value is -3.72. The van der Waals surface area contributed by atoms with Crippen molar-refractivity contribution in [2.75, 3.05) is 27.9 Å². The number of ketones is 2. The van der Waals surface area contributed by atoms with E-state index in [9.17, 15) is 42.9 Å². The molecule has 0 fully saturated rings. The number of aromatic hydroxyl groups is 2. The smallest absolute Gasteiger partial charge is 0.471 e. The highest BCUT2D eigenvalue weighted by Crippen LogP contribution is 2.47. The molecule has 266 valence electrons. The number of aliphatic hydroxyl groups excluding tert-OH is 3. The number of hydrogen-bond donors (Lipinski definition) is 6. The minimum absolute atomic E-state index is 0.0809. The molecule has 0 radical (unpaired) electrons. The first-order valence-electron chi connectivity index (χ1n) is 15.1. The van der Waals surface area contributed by atoms with E-state index < -0.39 is 41.9 Å². The summed E-state index contributed by atoms with van der Waals surface area (Å²) in [6, 6.07) is 3.79. The predicted octanol–water partition coefficient (Wildman–Crippen LogP) is 4.09. The summed E-state index contributed by atoms with van der Waals surface area (Å²) in [6.07, 6.45) is -5.08. The minimum atomic E-state index is -4.89. The Bertz CT molecular complexity index is 1340. The van der Waals surface area contributed by atoms with Crippen LogP contribution in [0, 0.1) is 5.92 Å². The summed E-state index contributed by atoms with van der Waals surface area (Å²) in [7, 11) is 4.09. The van der Waals surface area contributed by atoms with Gasteiger partial charge < -0.3 is 40.3 Å². The van der Waals surface area contributed by atoms with Gasteiger partial charge >= 0.3 is 12.1 Å². The van der Waals surface area contributed by atoms with Crippen molar-refractivity contribution >= 4 is 17.5 Å². The number of amides is 1. The zero-order chi connectivity index (χ0) is 36.8. The van der Waals surface area contributed by atoms with Crippen molar-refractivity contribution < 1.29 is 62.6 Å². The van der Waals surface area contributed by atoms with E-state index in [2.05, 4.69) is 4.74 Å². The molecule has 47 heavy (non-hydrogen) atoms. The molecule has 0 aromatic heterocycles. The summed E-state index contributed by atoms with van der Waals surface area (Å²) in [5, 5.41) is 48.9. The number of hydrogen-bond acceptors (Lipinski definition) is 10. The van der Waals surface area contributed by atoms with Crippen LogP contribution >= 0.6 is 0 Å². The van der Waals surface area contributed by atoms with Crippen molar-refractivity contribution in [2.24, 2.45) is 5.92 Å². The Labute approximate surface area is 273 Å². The molecule has 11 nitrogen and oxygen atoms in total. The highest BCUT2D eigenvalue weighted by molar-refractivity contribution is 6.31. The van der Waals surface area contributed by atoms with Gasteiger partial charge in [0.15, 0.2) is 5.78 Å². The topological polar surface area (TPSA) is 183 Å². The zero-order valence-corrected chi connectivity index (χ0v) is 28.3. The fourth-order valence-electron chi connectivity index (χ4n) is 4.66. The van der Waals surface area contributed by atoms with Crippen LogP contribution in [0.2, 0.25) is 0 Å². The van der Waals surface area contributed by atoms with Gasteiger partial charge in [0, 0.05) is 37.5 Å². The summed E-state index contributed by atoms with van der Waals surface area (Å²) in [5.74, 6) is -3.44. The van der Waals surface area contributed by atoms with Crippen LogP contribution in [0.3, 0.4) is 0 Å². The molecule has 4 rings (SSSR count). The molecular weight excluding hydrogens is 627 g/mol. The number of benzene rings is 2. The highest BCUT2D eigenvalue weighted by Gasteiger charge is 2.41. The van der Waals surface area contributed by atoms with E-state index in [0.29, 0.717) is 30.4 Å². The van der Waals surface area contributed by atoms with Crippen LogP contribution in [-0.2, 0) is 22.4 Å². The summed E-state index contributed by atoms with van der Waals surface area (Å²) >= 11 is 0. The van der Waals surface area contributed by atoms with Gasteiger partial charge in [-0.15, -0.1) is 0 Å². The molecule has 14 heteroatoms. The molecule has 0 aliphatic heterocycles. The van der Waals surface area contributed by atoms with Crippen LogP contribution in [-0.4, -0.2) is 95.4 Å². The molecule has 4 unspecified atom stereocenters. The molecule has 0 saturated carbocycles. The van der Waals surface area contributed by atoms with Gasteiger partial charge in [0.2, 0.25) is 5.78 Å². The maximum absolute atomic E-state index is 13.1. The standard InChI is InChI=1S/C21H20O6.C6H10F3NO2.C3H8O.C2H6.CH4O/c1-9(22)10-6-7-11-13(8-10)20(25)16-17(18(11)23)21(26)15-12(19(16)24)4-3-5-14(15)27-2;1-3(4(2)11)10-5(12)6(7,8)9;1-3-4-2;2*1-2/h3-5,9-10,22-23,25H,6-8H2,1-2H3;3-4,11H,1-2H3,(H,10,12);3H2,1-2H3;1-2H3;2H,1H3. The van der Waals surface area contributed by atoms with Gasteiger partial charge in [-0.2, -0.15) is 13.2 Å². The summed E-state index contributed by atoms with van der Waals surface area (Å²) in [6.45, 7) is 11.0. The van der Waals surface area contributed by atoms with Crippen LogP contribution in [0.1, 0.15) is 90.9 Å². The fourth-order valence-corrected chi connectivity index (χ4v) is 4.66. The van der Waals surface area contributed by atoms with Crippen LogP contribution in [0.4, 0.5) is 13.2 Å². The number of phenolic OH excluding ortho intramolecular Hbond substituents is 2. The number of aliphatic hydroxyl groups is 3. The van der Waals surface area contributed by atoms with Gasteiger partial charge in [0.25, 0.3) is 0 Å². The second-order valence-electron chi connectivity index (χ2n) is 10.3. The zero-order valence-electron chi connectivity index (χ0n) is 28.3. The van der Waals surface area contributed by atoms with Gasteiger partial charge in [-0.05, 0) is 58.9 Å². The molecule has 0 bridgehead atoms. The van der Waals surface area contributed by atoms with E-state index in [-0.39, 0.29) is 45.4 Å². The lowest BCUT2D eigenvalue weighted by Crippen LogP contribution is -2.46. The van der Waals surface area contributed by atoms with Crippen molar-refractivity contribution in [3.8, 4) is 17.2 Å². The van der Waals surface area contributed by atoms with Crippen molar-refractivity contribution in [1.29, 1.82) is 0 Å². The van der Waals surface area contributed by atoms with E-state index in [1.165, 1.54) is 27.0 Å². The molecule has 1 amide bonds. The third kappa shape index (κ3) is 10.6. The Balaban J connectivity index is 0.000000887. The van der Waals surface area contributed by atoms with Gasteiger partial charge in [0.05, 0.1) is 42.0 Å². The first-order valence-corrected chi connectivity index (χ1v) is 15.1. The summed E-state index contributed by atoms with van der Waals surface area (Å²) in [5.41, 5.74) is 0.833. The van der Waals surface area contributed by atoms with E-state index in [4.69, 9.17) is 14.9 Å². The number of halogens is 3. The van der Waals surface area contributed by atoms with Crippen molar-refractivity contribution in [3.05, 3.63) is 51.6 Å². The second-order valence-corrected chi connectivity index (χ2v) is 10.3. The van der Waals surface area contributed by atoms with Gasteiger partial charge in [-0.25, -0.2) is 0 Å². The van der Waals surface area contributed by atoms with Crippen LogP contribution in [0.25, 0.3) is 0 Å². The maximum Gasteiger partial charge on any atom is 0.471 e. The molecule has 0 heterocycles. The van der Waals surface area contributed by atoms with E-state index in [0.717, 1.165) is 13.7 Å². The molecule has 2 aromatic carbocycles. The lowest BCUT2D eigenvalue weighted by Gasteiger charge is -2.31. The van der Waals surface area contributed by atoms with Crippen LogP contribution in [0.5, 0.6) is 17.2 Å². The Morgan fingerprint density at radius 3 is 1.91 bits per heavy atom. The Morgan fingerprint density at radius 2 is 1.47 bits per heavy atom. The molecule has 6 N–H and O–H groups in total.